The second-order valence-corrected chi connectivity index (χ2v) is 7.97. The molecule has 3 rings (SSSR count). The third-order valence-electron chi connectivity index (χ3n) is 5.15. The van der Waals surface area contributed by atoms with Crippen LogP contribution in [0.3, 0.4) is 0 Å². The van der Waals surface area contributed by atoms with Gasteiger partial charge < -0.3 is 14.0 Å². The lowest BCUT2D eigenvalue weighted by Crippen LogP contribution is -2.08. The highest BCUT2D eigenvalue weighted by Crippen LogP contribution is 2.31. The SMILES string of the molecule is CCCCc1nc(CC)c(-c2ccc(Br)cc2)n1Cc1ccc(OC)cc1OC. The lowest BCUT2D eigenvalue weighted by atomic mass is 10.1. The Bertz CT molecular complexity index is 948. The molecule has 0 aliphatic carbocycles. The second kappa shape index (κ2) is 9.97. The van der Waals surface area contributed by atoms with Gasteiger partial charge >= 0.3 is 0 Å². The van der Waals surface area contributed by atoms with Crippen LogP contribution in [0.1, 0.15) is 43.8 Å². The molecule has 0 aliphatic rings. The number of imidazole rings is 1. The van der Waals surface area contributed by atoms with Gasteiger partial charge in [0.25, 0.3) is 0 Å². The fourth-order valence-corrected chi connectivity index (χ4v) is 3.84. The van der Waals surface area contributed by atoms with Crippen LogP contribution in [0.4, 0.5) is 0 Å². The highest BCUT2D eigenvalue weighted by Gasteiger charge is 2.19. The van der Waals surface area contributed by atoms with Crippen molar-refractivity contribution < 1.29 is 9.47 Å². The zero-order valence-electron chi connectivity index (χ0n) is 17.7. The summed E-state index contributed by atoms with van der Waals surface area (Å²) >= 11 is 3.55. The molecule has 0 spiro atoms. The summed E-state index contributed by atoms with van der Waals surface area (Å²) in [5, 5.41) is 0. The fraction of sp³-hybridized carbons (Fsp3) is 0.375. The van der Waals surface area contributed by atoms with Gasteiger partial charge in [0, 0.05) is 28.1 Å². The van der Waals surface area contributed by atoms with Crippen molar-refractivity contribution in [2.45, 2.75) is 46.1 Å². The maximum atomic E-state index is 5.66. The number of halogens is 1. The summed E-state index contributed by atoms with van der Waals surface area (Å²) in [5.74, 6) is 2.77. The van der Waals surface area contributed by atoms with E-state index in [4.69, 9.17) is 14.5 Å². The third kappa shape index (κ3) is 4.84. The van der Waals surface area contributed by atoms with Crippen molar-refractivity contribution >= 4 is 15.9 Å². The van der Waals surface area contributed by atoms with Crippen molar-refractivity contribution in [2.75, 3.05) is 14.2 Å². The minimum absolute atomic E-state index is 0.713. The number of methoxy groups -OCH3 is 2. The first-order valence-electron chi connectivity index (χ1n) is 10.2. The van der Waals surface area contributed by atoms with Gasteiger partial charge in [0.15, 0.2) is 0 Å². The first-order chi connectivity index (χ1) is 14.1. The summed E-state index contributed by atoms with van der Waals surface area (Å²) in [6.07, 6.45) is 4.14. The summed E-state index contributed by atoms with van der Waals surface area (Å²) in [5.41, 5.74) is 4.65. The predicted octanol–water partition coefficient (Wildman–Crippen LogP) is 6.28. The smallest absolute Gasteiger partial charge is 0.127 e. The number of nitrogens with zero attached hydrogens (tertiary/aromatic N) is 2. The normalized spacial score (nSPS) is 10.9. The Morgan fingerprint density at radius 3 is 2.38 bits per heavy atom. The fourth-order valence-electron chi connectivity index (χ4n) is 3.58. The van der Waals surface area contributed by atoms with Gasteiger partial charge in [0.05, 0.1) is 32.2 Å². The Morgan fingerprint density at radius 2 is 1.76 bits per heavy atom. The third-order valence-corrected chi connectivity index (χ3v) is 5.68. The number of ether oxygens (including phenoxy) is 2. The molecule has 4 nitrogen and oxygen atoms in total. The van der Waals surface area contributed by atoms with Gasteiger partial charge in [-0.15, -0.1) is 0 Å². The molecule has 5 heteroatoms. The summed E-state index contributed by atoms with van der Waals surface area (Å²) < 4.78 is 14.5. The van der Waals surface area contributed by atoms with Crippen LogP contribution in [-0.2, 0) is 19.4 Å². The number of unbranched alkanes of at least 4 members (excludes halogenated alkanes) is 1. The number of aryl methyl sites for hydroxylation is 2. The molecule has 0 unspecified atom stereocenters. The highest BCUT2D eigenvalue weighted by molar-refractivity contribution is 9.10. The van der Waals surface area contributed by atoms with E-state index in [1.165, 1.54) is 11.3 Å². The van der Waals surface area contributed by atoms with Crippen molar-refractivity contribution in [3.8, 4) is 22.8 Å². The quantitative estimate of drug-likeness (QED) is 0.379. The maximum Gasteiger partial charge on any atom is 0.127 e. The number of aromatic nitrogens is 2. The van der Waals surface area contributed by atoms with Crippen LogP contribution < -0.4 is 9.47 Å². The van der Waals surface area contributed by atoms with E-state index in [2.05, 4.69) is 64.7 Å². The maximum absolute atomic E-state index is 5.66. The Kier molecular flexibility index (Phi) is 7.37. The minimum Gasteiger partial charge on any atom is -0.497 e. The number of rotatable bonds is 9. The minimum atomic E-state index is 0.713. The Morgan fingerprint density at radius 1 is 1.00 bits per heavy atom. The van der Waals surface area contributed by atoms with Crippen LogP contribution in [0.15, 0.2) is 46.9 Å². The topological polar surface area (TPSA) is 36.3 Å². The van der Waals surface area contributed by atoms with Gasteiger partial charge in [0.2, 0.25) is 0 Å². The van der Waals surface area contributed by atoms with E-state index in [9.17, 15) is 0 Å². The zero-order valence-corrected chi connectivity index (χ0v) is 19.3. The summed E-state index contributed by atoms with van der Waals surface area (Å²) in [6.45, 7) is 5.10. The average molecular weight is 457 g/mol. The van der Waals surface area contributed by atoms with Gasteiger partial charge in [-0.25, -0.2) is 4.98 Å². The zero-order chi connectivity index (χ0) is 20.8. The molecule has 0 N–H and O–H groups in total. The first-order valence-corrected chi connectivity index (χ1v) is 11.0. The molecule has 0 saturated carbocycles. The molecule has 0 aliphatic heterocycles. The molecule has 1 aromatic heterocycles. The Balaban J connectivity index is 2.12. The molecular weight excluding hydrogens is 428 g/mol. The van der Waals surface area contributed by atoms with E-state index >= 15 is 0 Å². The van der Waals surface area contributed by atoms with E-state index in [0.29, 0.717) is 6.54 Å². The van der Waals surface area contributed by atoms with Crippen molar-refractivity contribution in [3.05, 3.63) is 64.0 Å². The average Bonchev–Trinajstić information content (AvgIpc) is 3.10. The number of hydrogen-bond acceptors (Lipinski definition) is 3. The van der Waals surface area contributed by atoms with Crippen LogP contribution >= 0.6 is 15.9 Å². The van der Waals surface area contributed by atoms with E-state index in [0.717, 1.165) is 58.7 Å². The van der Waals surface area contributed by atoms with Crippen LogP contribution in [0.2, 0.25) is 0 Å². The van der Waals surface area contributed by atoms with Crippen molar-refractivity contribution in [1.29, 1.82) is 0 Å². The van der Waals surface area contributed by atoms with Crippen LogP contribution in [0, 0.1) is 0 Å². The number of hydrogen-bond donors (Lipinski definition) is 0. The summed E-state index contributed by atoms with van der Waals surface area (Å²) in [6, 6.07) is 14.5. The Labute approximate surface area is 182 Å². The lowest BCUT2D eigenvalue weighted by molar-refractivity contribution is 0.390. The molecule has 29 heavy (non-hydrogen) atoms. The van der Waals surface area contributed by atoms with E-state index in [-0.39, 0.29) is 0 Å². The van der Waals surface area contributed by atoms with Crippen molar-refractivity contribution in [1.82, 2.24) is 9.55 Å². The lowest BCUT2D eigenvalue weighted by Gasteiger charge is -2.16. The molecule has 3 aromatic rings. The monoisotopic (exact) mass is 456 g/mol. The predicted molar refractivity (Wildman–Crippen MR) is 122 cm³/mol. The molecular formula is C24H29BrN2O2. The van der Waals surface area contributed by atoms with Crippen LogP contribution in [-0.4, -0.2) is 23.8 Å². The molecule has 0 amide bonds. The molecule has 2 aromatic carbocycles. The number of benzene rings is 2. The van der Waals surface area contributed by atoms with E-state index < -0.39 is 0 Å². The van der Waals surface area contributed by atoms with Crippen LogP contribution in [0.5, 0.6) is 11.5 Å². The standard InChI is InChI=1S/C24H29BrN2O2/c1-5-7-8-23-26-21(6-2)24(17-9-12-19(25)13-10-17)27(23)16-18-11-14-20(28-3)15-22(18)29-4/h9-15H,5-8,16H2,1-4H3. The van der Waals surface area contributed by atoms with E-state index in [1.54, 1.807) is 14.2 Å². The van der Waals surface area contributed by atoms with Crippen LogP contribution in [0.25, 0.3) is 11.3 Å². The van der Waals surface area contributed by atoms with Crippen molar-refractivity contribution in [2.24, 2.45) is 0 Å². The highest BCUT2D eigenvalue weighted by atomic mass is 79.9. The van der Waals surface area contributed by atoms with Gasteiger partial charge in [-0.1, -0.05) is 48.3 Å². The molecule has 1 heterocycles. The van der Waals surface area contributed by atoms with E-state index in [1.807, 2.05) is 12.1 Å². The molecule has 0 saturated heterocycles. The Hall–Kier alpha value is -2.27. The van der Waals surface area contributed by atoms with Crippen molar-refractivity contribution in [3.63, 3.8) is 0 Å². The largest absolute Gasteiger partial charge is 0.497 e. The summed E-state index contributed by atoms with van der Waals surface area (Å²) in [4.78, 5) is 5.04. The van der Waals surface area contributed by atoms with Gasteiger partial charge in [-0.05, 0) is 37.1 Å². The molecule has 0 radical (unpaired) electrons. The first kappa shape index (κ1) is 21.4. The van der Waals surface area contributed by atoms with Gasteiger partial charge in [0.1, 0.15) is 17.3 Å². The molecule has 0 bridgehead atoms. The molecule has 0 atom stereocenters. The van der Waals surface area contributed by atoms with Gasteiger partial charge in [-0.3, -0.25) is 0 Å². The summed E-state index contributed by atoms with van der Waals surface area (Å²) in [7, 11) is 3.38. The molecule has 0 fully saturated rings. The van der Waals surface area contributed by atoms with Gasteiger partial charge in [-0.2, -0.15) is 0 Å². The second-order valence-electron chi connectivity index (χ2n) is 7.05. The molecule has 154 valence electrons.